The number of hydrogen-bond donors (Lipinski definition) is 0. The van der Waals surface area contributed by atoms with Crippen LogP contribution in [0.15, 0.2) is 42.5 Å². The smallest absolute Gasteiger partial charge is 0.123 e. The zero-order valence-electron chi connectivity index (χ0n) is 22.8. The lowest BCUT2D eigenvalue weighted by Crippen LogP contribution is -2.26. The first-order valence-electron chi connectivity index (χ1n) is 13.9. The minimum absolute atomic E-state index is 0.0423. The molecular formula is C32H44O4. The Balaban J connectivity index is 1.25. The standard InChI is InChI=1S/C32H44O4/c1-31(2,3)21-32(4,5)29-16-25(12-15-30(29)36-20-28-19-35-28)24-8-6-22(7-9-24)23-10-13-26(14-11-23)33-17-27-18-34-27/h10-16,22,24,27-28H,6-9,17-21H2,1-5H3. The van der Waals surface area contributed by atoms with Crippen LogP contribution in [0.3, 0.4) is 0 Å². The number of ether oxygens (including phenoxy) is 4. The van der Waals surface area contributed by atoms with Gasteiger partial charge in [-0.05, 0) is 84.1 Å². The Morgan fingerprint density at radius 2 is 1.25 bits per heavy atom. The van der Waals surface area contributed by atoms with E-state index >= 15 is 0 Å². The van der Waals surface area contributed by atoms with Gasteiger partial charge in [0, 0.05) is 5.56 Å². The van der Waals surface area contributed by atoms with Gasteiger partial charge in [0.2, 0.25) is 0 Å². The highest BCUT2D eigenvalue weighted by Gasteiger charge is 2.33. The average molecular weight is 493 g/mol. The molecule has 2 atom stereocenters. The third-order valence-corrected chi connectivity index (χ3v) is 7.92. The van der Waals surface area contributed by atoms with Crippen molar-refractivity contribution in [2.75, 3.05) is 26.4 Å². The molecule has 0 bridgehead atoms. The Labute approximate surface area is 217 Å². The molecule has 5 rings (SSSR count). The summed E-state index contributed by atoms with van der Waals surface area (Å²) in [6.45, 7) is 14.7. The molecule has 4 nitrogen and oxygen atoms in total. The van der Waals surface area contributed by atoms with E-state index in [-0.39, 0.29) is 16.9 Å². The van der Waals surface area contributed by atoms with Gasteiger partial charge in [-0.1, -0.05) is 58.9 Å². The van der Waals surface area contributed by atoms with Crippen LogP contribution in [0.2, 0.25) is 0 Å². The van der Waals surface area contributed by atoms with Crippen molar-refractivity contribution in [3.63, 3.8) is 0 Å². The van der Waals surface area contributed by atoms with Crippen LogP contribution in [-0.2, 0) is 14.9 Å². The quantitative estimate of drug-likeness (QED) is 0.324. The summed E-state index contributed by atoms with van der Waals surface area (Å²) < 4.78 is 22.7. The summed E-state index contributed by atoms with van der Waals surface area (Å²) in [6.07, 6.45) is 6.62. The fraction of sp³-hybridized carbons (Fsp3) is 0.625. The number of epoxide rings is 2. The summed E-state index contributed by atoms with van der Waals surface area (Å²) in [5.74, 6) is 3.24. The zero-order chi connectivity index (χ0) is 25.3. The molecule has 0 radical (unpaired) electrons. The Kier molecular flexibility index (Phi) is 7.38. The van der Waals surface area contributed by atoms with Crippen molar-refractivity contribution in [2.45, 2.75) is 96.2 Å². The van der Waals surface area contributed by atoms with Crippen LogP contribution in [0.5, 0.6) is 11.5 Å². The molecule has 1 aliphatic carbocycles. The van der Waals surface area contributed by atoms with Crippen LogP contribution in [-0.4, -0.2) is 38.6 Å². The molecule has 0 spiro atoms. The average Bonchev–Trinajstić information content (AvgIpc) is 3.76. The van der Waals surface area contributed by atoms with Crippen molar-refractivity contribution in [1.82, 2.24) is 0 Å². The molecule has 2 aromatic carbocycles. The largest absolute Gasteiger partial charge is 0.491 e. The van der Waals surface area contributed by atoms with Crippen LogP contribution in [0, 0.1) is 5.41 Å². The van der Waals surface area contributed by atoms with E-state index in [0.717, 1.165) is 31.1 Å². The summed E-state index contributed by atoms with van der Waals surface area (Å²) >= 11 is 0. The van der Waals surface area contributed by atoms with Crippen molar-refractivity contribution in [1.29, 1.82) is 0 Å². The van der Waals surface area contributed by atoms with E-state index in [9.17, 15) is 0 Å². The first-order chi connectivity index (χ1) is 17.2. The lowest BCUT2D eigenvalue weighted by Gasteiger charge is -2.35. The van der Waals surface area contributed by atoms with E-state index in [0.29, 0.717) is 31.2 Å². The molecule has 0 aromatic heterocycles. The predicted octanol–water partition coefficient (Wildman–Crippen LogP) is 7.40. The molecule has 2 unspecified atom stereocenters. The van der Waals surface area contributed by atoms with Crippen molar-refractivity contribution < 1.29 is 18.9 Å². The van der Waals surface area contributed by atoms with Gasteiger partial charge in [0.1, 0.15) is 36.9 Å². The van der Waals surface area contributed by atoms with Gasteiger partial charge in [-0.15, -0.1) is 0 Å². The Morgan fingerprint density at radius 1 is 0.722 bits per heavy atom. The maximum atomic E-state index is 6.28. The van der Waals surface area contributed by atoms with Gasteiger partial charge >= 0.3 is 0 Å². The lowest BCUT2D eigenvalue weighted by atomic mass is 9.70. The van der Waals surface area contributed by atoms with E-state index in [1.54, 1.807) is 0 Å². The Bertz CT molecular complexity index is 1000. The van der Waals surface area contributed by atoms with Gasteiger partial charge in [-0.2, -0.15) is 0 Å². The molecule has 36 heavy (non-hydrogen) atoms. The molecule has 2 aliphatic heterocycles. The second kappa shape index (κ2) is 10.4. The summed E-state index contributed by atoms with van der Waals surface area (Å²) in [5.41, 5.74) is 4.57. The maximum absolute atomic E-state index is 6.28. The summed E-state index contributed by atoms with van der Waals surface area (Å²) in [5, 5.41) is 0. The maximum Gasteiger partial charge on any atom is 0.123 e. The summed E-state index contributed by atoms with van der Waals surface area (Å²) in [4.78, 5) is 0. The third kappa shape index (κ3) is 6.83. The number of benzene rings is 2. The number of rotatable bonds is 10. The van der Waals surface area contributed by atoms with Gasteiger partial charge in [0.15, 0.2) is 0 Å². The second-order valence-electron chi connectivity index (χ2n) is 13.0. The summed E-state index contributed by atoms with van der Waals surface area (Å²) in [6, 6.07) is 15.8. The SMILES string of the molecule is CC(C)(C)CC(C)(C)c1cc(C2CCC(c3ccc(OCC4CO4)cc3)CC2)ccc1OCC1CO1. The van der Waals surface area contributed by atoms with Crippen LogP contribution in [0.25, 0.3) is 0 Å². The fourth-order valence-electron chi connectivity index (χ4n) is 6.17. The molecule has 2 saturated heterocycles. The van der Waals surface area contributed by atoms with Crippen LogP contribution in [0.4, 0.5) is 0 Å². The Morgan fingerprint density at radius 3 is 1.81 bits per heavy atom. The van der Waals surface area contributed by atoms with Crippen LogP contribution in [0.1, 0.15) is 95.2 Å². The lowest BCUT2D eigenvalue weighted by molar-refractivity contribution is 0.245. The van der Waals surface area contributed by atoms with Crippen molar-refractivity contribution >= 4 is 0 Å². The molecule has 2 aromatic rings. The summed E-state index contributed by atoms with van der Waals surface area (Å²) in [7, 11) is 0. The molecule has 2 heterocycles. The third-order valence-electron chi connectivity index (χ3n) is 7.92. The fourth-order valence-corrected chi connectivity index (χ4v) is 6.17. The highest BCUT2D eigenvalue weighted by Crippen LogP contribution is 2.45. The Hall–Kier alpha value is -2.04. The van der Waals surface area contributed by atoms with Gasteiger partial charge in [0.25, 0.3) is 0 Å². The van der Waals surface area contributed by atoms with Gasteiger partial charge in [0.05, 0.1) is 13.2 Å². The van der Waals surface area contributed by atoms with Gasteiger partial charge in [-0.25, -0.2) is 0 Å². The van der Waals surface area contributed by atoms with Crippen molar-refractivity contribution in [3.05, 3.63) is 59.2 Å². The zero-order valence-corrected chi connectivity index (χ0v) is 22.8. The monoisotopic (exact) mass is 492 g/mol. The normalized spacial score (nSPS) is 25.9. The predicted molar refractivity (Wildman–Crippen MR) is 144 cm³/mol. The molecule has 3 fully saturated rings. The first kappa shape index (κ1) is 25.6. The minimum atomic E-state index is 0.0423. The number of hydrogen-bond acceptors (Lipinski definition) is 4. The van der Waals surface area contributed by atoms with E-state index in [1.807, 2.05) is 0 Å². The van der Waals surface area contributed by atoms with Crippen LogP contribution < -0.4 is 9.47 Å². The molecule has 0 amide bonds. The van der Waals surface area contributed by atoms with Crippen LogP contribution >= 0.6 is 0 Å². The molecule has 0 N–H and O–H groups in total. The van der Waals surface area contributed by atoms with Gasteiger partial charge in [-0.3, -0.25) is 0 Å². The van der Waals surface area contributed by atoms with E-state index in [2.05, 4.69) is 77.1 Å². The molecule has 196 valence electrons. The highest BCUT2D eigenvalue weighted by molar-refractivity contribution is 5.43. The van der Waals surface area contributed by atoms with Crippen molar-refractivity contribution in [2.24, 2.45) is 5.41 Å². The van der Waals surface area contributed by atoms with E-state index in [1.165, 1.54) is 42.4 Å². The second-order valence-corrected chi connectivity index (χ2v) is 13.0. The van der Waals surface area contributed by atoms with E-state index in [4.69, 9.17) is 18.9 Å². The van der Waals surface area contributed by atoms with Gasteiger partial charge < -0.3 is 18.9 Å². The van der Waals surface area contributed by atoms with Crippen molar-refractivity contribution in [3.8, 4) is 11.5 Å². The molecular weight excluding hydrogens is 448 g/mol. The molecule has 1 saturated carbocycles. The molecule has 3 aliphatic rings. The topological polar surface area (TPSA) is 43.5 Å². The highest BCUT2D eigenvalue weighted by atomic mass is 16.6. The van der Waals surface area contributed by atoms with E-state index < -0.39 is 0 Å². The minimum Gasteiger partial charge on any atom is -0.491 e. The first-order valence-corrected chi connectivity index (χ1v) is 13.9. The molecule has 4 heteroatoms.